The molecule has 0 saturated carbocycles. The van der Waals surface area contributed by atoms with Gasteiger partial charge in [0.2, 0.25) is 0 Å². The maximum Gasteiger partial charge on any atom is 0.273 e. The van der Waals surface area contributed by atoms with Crippen molar-refractivity contribution in [2.45, 2.75) is 26.7 Å². The molecule has 4 aromatic rings. The summed E-state index contributed by atoms with van der Waals surface area (Å²) in [6, 6.07) is 10.1. The molecule has 0 aliphatic rings. The molecule has 1 N–H and O–H groups in total. The molecule has 3 aromatic heterocycles. The number of aromatic amines is 1. The van der Waals surface area contributed by atoms with E-state index in [4.69, 9.17) is 0 Å². The van der Waals surface area contributed by atoms with E-state index in [9.17, 15) is 10.1 Å². The van der Waals surface area contributed by atoms with Gasteiger partial charge in [-0.15, -0.1) is 0 Å². The first-order valence-electron chi connectivity index (χ1n) is 9.51. The van der Waals surface area contributed by atoms with E-state index < -0.39 is 0 Å². The first-order valence-corrected chi connectivity index (χ1v) is 9.51. The number of rotatable bonds is 4. The van der Waals surface area contributed by atoms with Crippen LogP contribution in [0, 0.1) is 11.3 Å². The van der Waals surface area contributed by atoms with Gasteiger partial charge in [0, 0.05) is 29.8 Å². The molecule has 0 aliphatic carbocycles. The molecule has 29 heavy (non-hydrogen) atoms. The van der Waals surface area contributed by atoms with Crippen LogP contribution in [0.2, 0.25) is 0 Å². The summed E-state index contributed by atoms with van der Waals surface area (Å²) in [5.41, 5.74) is 5.32. The van der Waals surface area contributed by atoms with Crippen LogP contribution in [0.4, 0.5) is 0 Å². The minimum atomic E-state index is -0.259. The summed E-state index contributed by atoms with van der Waals surface area (Å²) in [6.07, 6.45) is 4.78. The Balaban J connectivity index is 1.99. The maximum absolute atomic E-state index is 12.1. The Morgan fingerprint density at radius 2 is 1.97 bits per heavy atom. The number of pyridine rings is 1. The average molecular weight is 384 g/mol. The highest BCUT2D eigenvalue weighted by atomic mass is 16.1. The third kappa shape index (κ3) is 2.99. The van der Waals surface area contributed by atoms with E-state index in [0.29, 0.717) is 23.1 Å². The Kier molecular flexibility index (Phi) is 4.69. The predicted molar refractivity (Wildman–Crippen MR) is 111 cm³/mol. The molecular formula is C22H20N6O. The Hall–Kier alpha value is -3.79. The van der Waals surface area contributed by atoms with Crippen molar-refractivity contribution in [3.05, 3.63) is 63.8 Å². The lowest BCUT2D eigenvalue weighted by Crippen LogP contribution is -2.11. The standard InChI is InChI=1S/C22H20N6O/c1-4-13-7-6-8-14(16(13)10-23)21-18(12-25-28(21)3)20-9-15-17(11-24-20)22(29)27-26-19(15)5-2/h6-9,11-12H,4-5H2,1-3H3,(H,27,29). The van der Waals surface area contributed by atoms with Crippen molar-refractivity contribution in [3.63, 3.8) is 0 Å². The zero-order valence-corrected chi connectivity index (χ0v) is 16.5. The van der Waals surface area contributed by atoms with Crippen molar-refractivity contribution in [3.8, 4) is 28.6 Å². The number of aromatic nitrogens is 5. The number of hydrogen-bond acceptors (Lipinski definition) is 5. The summed E-state index contributed by atoms with van der Waals surface area (Å²) >= 11 is 0. The van der Waals surface area contributed by atoms with Crippen molar-refractivity contribution >= 4 is 10.8 Å². The Labute approximate surface area is 167 Å². The maximum atomic E-state index is 12.1. The lowest BCUT2D eigenvalue weighted by molar-refractivity contribution is 0.775. The van der Waals surface area contributed by atoms with Crippen LogP contribution in [0.15, 0.2) is 41.5 Å². The molecule has 0 spiro atoms. The number of fused-ring (bicyclic) bond motifs is 1. The first kappa shape index (κ1) is 18.6. The van der Waals surface area contributed by atoms with Gasteiger partial charge in [-0.1, -0.05) is 32.0 Å². The third-order valence-corrected chi connectivity index (χ3v) is 5.20. The van der Waals surface area contributed by atoms with Gasteiger partial charge in [0.05, 0.1) is 34.2 Å². The van der Waals surface area contributed by atoms with E-state index >= 15 is 0 Å². The molecule has 7 heteroatoms. The third-order valence-electron chi connectivity index (χ3n) is 5.20. The monoisotopic (exact) mass is 384 g/mol. The average Bonchev–Trinajstić information content (AvgIpc) is 3.14. The van der Waals surface area contributed by atoms with Gasteiger partial charge in [-0.25, -0.2) is 5.10 Å². The molecular weight excluding hydrogens is 364 g/mol. The van der Waals surface area contributed by atoms with Gasteiger partial charge in [-0.2, -0.15) is 15.5 Å². The number of nitriles is 1. The molecule has 0 saturated heterocycles. The molecule has 0 bridgehead atoms. The van der Waals surface area contributed by atoms with Crippen molar-refractivity contribution in [1.82, 2.24) is 25.0 Å². The van der Waals surface area contributed by atoms with Crippen molar-refractivity contribution in [2.24, 2.45) is 7.05 Å². The molecule has 0 aliphatic heterocycles. The minimum absolute atomic E-state index is 0.259. The molecule has 7 nitrogen and oxygen atoms in total. The molecule has 0 atom stereocenters. The highest BCUT2D eigenvalue weighted by Gasteiger charge is 2.19. The molecule has 144 valence electrons. The van der Waals surface area contributed by atoms with Gasteiger partial charge in [-0.3, -0.25) is 14.5 Å². The van der Waals surface area contributed by atoms with Gasteiger partial charge in [0.15, 0.2) is 0 Å². The molecule has 0 amide bonds. The van der Waals surface area contributed by atoms with Crippen LogP contribution in [0.5, 0.6) is 0 Å². The lowest BCUT2D eigenvalue weighted by Gasteiger charge is -2.11. The molecule has 3 heterocycles. The number of nitrogens with zero attached hydrogens (tertiary/aromatic N) is 5. The summed E-state index contributed by atoms with van der Waals surface area (Å²) in [4.78, 5) is 16.7. The van der Waals surface area contributed by atoms with Crippen molar-refractivity contribution in [2.75, 3.05) is 0 Å². The van der Waals surface area contributed by atoms with E-state index in [0.717, 1.165) is 39.9 Å². The quantitative estimate of drug-likeness (QED) is 0.581. The fourth-order valence-corrected chi connectivity index (χ4v) is 3.70. The molecule has 1 aromatic carbocycles. The van der Waals surface area contributed by atoms with Gasteiger partial charge in [0.1, 0.15) is 6.07 Å². The van der Waals surface area contributed by atoms with Crippen LogP contribution in [0.25, 0.3) is 33.3 Å². The van der Waals surface area contributed by atoms with Crippen LogP contribution in [0.1, 0.15) is 30.7 Å². The number of H-pyrrole nitrogens is 1. The second kappa shape index (κ2) is 7.32. The van der Waals surface area contributed by atoms with Crippen molar-refractivity contribution in [1.29, 1.82) is 5.26 Å². The largest absolute Gasteiger partial charge is 0.273 e. The van der Waals surface area contributed by atoms with Crippen LogP contribution in [-0.2, 0) is 19.9 Å². The fourth-order valence-electron chi connectivity index (χ4n) is 3.70. The van der Waals surface area contributed by atoms with Crippen LogP contribution >= 0.6 is 0 Å². The SMILES string of the molecule is CCc1cccc(-c2c(-c3cc4c(CC)n[nH]c(=O)c4cn3)cnn2C)c1C#N. The summed E-state index contributed by atoms with van der Waals surface area (Å²) in [5.74, 6) is 0. The van der Waals surface area contributed by atoms with Gasteiger partial charge in [-0.05, 0) is 24.5 Å². The first-order chi connectivity index (χ1) is 14.1. The molecule has 0 fully saturated rings. The van der Waals surface area contributed by atoms with Gasteiger partial charge in [0.25, 0.3) is 5.56 Å². The highest BCUT2D eigenvalue weighted by molar-refractivity contribution is 5.89. The molecule has 0 radical (unpaired) electrons. The lowest BCUT2D eigenvalue weighted by atomic mass is 9.95. The Morgan fingerprint density at radius 3 is 2.69 bits per heavy atom. The molecule has 0 unspecified atom stereocenters. The second-order valence-corrected chi connectivity index (χ2v) is 6.80. The smallest absolute Gasteiger partial charge is 0.267 e. The number of benzene rings is 1. The van der Waals surface area contributed by atoms with Crippen molar-refractivity contribution < 1.29 is 0 Å². The molecule has 4 rings (SSSR count). The second-order valence-electron chi connectivity index (χ2n) is 6.80. The van der Waals surface area contributed by atoms with Gasteiger partial charge < -0.3 is 0 Å². The van der Waals surface area contributed by atoms with E-state index in [1.165, 1.54) is 0 Å². The van der Waals surface area contributed by atoms with E-state index in [1.807, 2.05) is 45.2 Å². The van der Waals surface area contributed by atoms with Crippen LogP contribution in [0.3, 0.4) is 0 Å². The normalized spacial score (nSPS) is 11.0. The zero-order valence-electron chi connectivity index (χ0n) is 16.5. The summed E-state index contributed by atoms with van der Waals surface area (Å²) in [6.45, 7) is 4.02. The Bertz CT molecular complexity index is 1330. The summed E-state index contributed by atoms with van der Waals surface area (Å²) in [5, 5.41) is 22.2. The Morgan fingerprint density at radius 1 is 1.14 bits per heavy atom. The van der Waals surface area contributed by atoms with Crippen LogP contribution < -0.4 is 5.56 Å². The summed E-state index contributed by atoms with van der Waals surface area (Å²) < 4.78 is 1.76. The number of nitrogens with one attached hydrogen (secondary N) is 1. The van der Waals surface area contributed by atoms with Gasteiger partial charge >= 0.3 is 0 Å². The number of hydrogen-bond donors (Lipinski definition) is 1. The minimum Gasteiger partial charge on any atom is -0.267 e. The predicted octanol–water partition coefficient (Wildman–Crippen LogP) is 3.38. The number of aryl methyl sites for hydroxylation is 3. The fraction of sp³-hybridized carbons (Fsp3) is 0.227. The zero-order chi connectivity index (χ0) is 20.5. The van der Waals surface area contributed by atoms with E-state index in [1.54, 1.807) is 17.1 Å². The highest BCUT2D eigenvalue weighted by Crippen LogP contribution is 2.34. The topological polar surface area (TPSA) is 100 Å². The summed E-state index contributed by atoms with van der Waals surface area (Å²) in [7, 11) is 1.85. The van der Waals surface area contributed by atoms with E-state index in [2.05, 4.69) is 26.3 Å². The van der Waals surface area contributed by atoms with Crippen LogP contribution in [-0.4, -0.2) is 25.0 Å². The van der Waals surface area contributed by atoms with E-state index in [-0.39, 0.29) is 5.56 Å².